The lowest BCUT2D eigenvalue weighted by Gasteiger charge is -2.35. The van der Waals surface area contributed by atoms with Gasteiger partial charge in [0.05, 0.1) is 5.92 Å². The maximum atomic E-state index is 12.6. The van der Waals surface area contributed by atoms with Gasteiger partial charge in [0, 0.05) is 30.3 Å². The van der Waals surface area contributed by atoms with Crippen LogP contribution in [0.4, 0.5) is 19.0 Å². The first-order valence-corrected chi connectivity index (χ1v) is 8.73. The van der Waals surface area contributed by atoms with E-state index >= 15 is 0 Å². The van der Waals surface area contributed by atoms with E-state index in [1.54, 1.807) is 13.1 Å². The molecule has 1 aliphatic heterocycles. The van der Waals surface area contributed by atoms with Crippen LogP contribution in [0.15, 0.2) is 16.7 Å². The molecule has 0 N–H and O–H groups in total. The number of nitrogens with zero attached hydrogens (tertiary/aromatic N) is 3. The number of hydrogen-bond acceptors (Lipinski definition) is 3. The molecule has 8 heteroatoms. The molecule has 0 bridgehead atoms. The van der Waals surface area contributed by atoms with Crippen LogP contribution in [0.2, 0.25) is 0 Å². The van der Waals surface area contributed by atoms with E-state index in [0.717, 1.165) is 33.7 Å². The molecule has 1 aromatic heterocycles. The highest BCUT2D eigenvalue weighted by Crippen LogP contribution is 2.27. The van der Waals surface area contributed by atoms with Crippen molar-refractivity contribution < 1.29 is 18.0 Å². The third kappa shape index (κ3) is 4.84. The highest BCUT2D eigenvalue weighted by Gasteiger charge is 2.36. The van der Waals surface area contributed by atoms with Crippen molar-refractivity contribution in [2.75, 3.05) is 31.1 Å². The molecule has 4 nitrogen and oxygen atoms in total. The van der Waals surface area contributed by atoms with Gasteiger partial charge in [-0.15, -0.1) is 0 Å². The first-order chi connectivity index (χ1) is 11.2. The quantitative estimate of drug-likeness (QED) is 0.761. The van der Waals surface area contributed by atoms with Crippen LogP contribution in [0.1, 0.15) is 25.3 Å². The van der Waals surface area contributed by atoms with E-state index in [1.807, 2.05) is 17.9 Å². The van der Waals surface area contributed by atoms with Crippen LogP contribution in [0, 0.1) is 12.8 Å². The number of amides is 1. The predicted molar refractivity (Wildman–Crippen MR) is 89.9 cm³/mol. The molecular formula is C16H21BrF3N3O. The van der Waals surface area contributed by atoms with Crippen LogP contribution < -0.4 is 4.90 Å². The molecule has 1 fully saturated rings. The van der Waals surface area contributed by atoms with Crippen LogP contribution in [-0.4, -0.2) is 48.1 Å². The number of pyridine rings is 1. The van der Waals surface area contributed by atoms with E-state index < -0.39 is 24.5 Å². The summed E-state index contributed by atoms with van der Waals surface area (Å²) in [5.74, 6) is -0.0905. The molecule has 0 aromatic carbocycles. The minimum Gasteiger partial charge on any atom is -0.356 e. The average molecular weight is 408 g/mol. The summed E-state index contributed by atoms with van der Waals surface area (Å²) in [7, 11) is 0. The van der Waals surface area contributed by atoms with Crippen molar-refractivity contribution in [3.63, 3.8) is 0 Å². The number of rotatable bonds is 4. The van der Waals surface area contributed by atoms with Gasteiger partial charge in [0.15, 0.2) is 0 Å². The van der Waals surface area contributed by atoms with Gasteiger partial charge in [-0.05, 0) is 54.2 Å². The van der Waals surface area contributed by atoms with Crippen molar-refractivity contribution >= 4 is 27.7 Å². The van der Waals surface area contributed by atoms with Gasteiger partial charge in [-0.2, -0.15) is 13.2 Å². The molecule has 0 aliphatic carbocycles. The van der Waals surface area contributed by atoms with Gasteiger partial charge in [-0.1, -0.05) is 0 Å². The van der Waals surface area contributed by atoms with E-state index in [9.17, 15) is 18.0 Å². The number of piperidine rings is 1. The van der Waals surface area contributed by atoms with Crippen LogP contribution in [0.25, 0.3) is 0 Å². The van der Waals surface area contributed by atoms with Crippen molar-refractivity contribution in [3.8, 4) is 0 Å². The number of anilines is 1. The van der Waals surface area contributed by atoms with Crippen molar-refractivity contribution in [1.29, 1.82) is 0 Å². The summed E-state index contributed by atoms with van der Waals surface area (Å²) >= 11 is 3.40. The summed E-state index contributed by atoms with van der Waals surface area (Å²) < 4.78 is 38.8. The molecule has 1 amide bonds. The van der Waals surface area contributed by atoms with Crippen LogP contribution >= 0.6 is 15.9 Å². The fourth-order valence-electron chi connectivity index (χ4n) is 2.90. The Bertz CT molecular complexity index is 594. The SMILES string of the molecule is CCN(CC(F)(F)F)C(=O)C1CCCN(c2cc(C)c(Br)cn2)C1. The molecule has 1 aliphatic rings. The summed E-state index contributed by atoms with van der Waals surface area (Å²) in [6, 6.07) is 1.92. The summed E-state index contributed by atoms with van der Waals surface area (Å²) in [5, 5.41) is 0. The summed E-state index contributed by atoms with van der Waals surface area (Å²) in [4.78, 5) is 19.7. The lowest BCUT2D eigenvalue weighted by atomic mass is 9.96. The Kier molecular flexibility index (Phi) is 6.11. The fraction of sp³-hybridized carbons (Fsp3) is 0.625. The molecule has 0 radical (unpaired) electrons. The molecule has 2 rings (SSSR count). The highest BCUT2D eigenvalue weighted by atomic mass is 79.9. The molecule has 2 heterocycles. The van der Waals surface area contributed by atoms with Gasteiger partial charge in [0.2, 0.25) is 5.91 Å². The number of aromatic nitrogens is 1. The Morgan fingerprint density at radius 2 is 2.21 bits per heavy atom. The lowest BCUT2D eigenvalue weighted by Crippen LogP contribution is -2.47. The Hall–Kier alpha value is -1.31. The van der Waals surface area contributed by atoms with E-state index in [1.165, 1.54) is 0 Å². The Labute approximate surface area is 148 Å². The lowest BCUT2D eigenvalue weighted by molar-refractivity contribution is -0.163. The smallest absolute Gasteiger partial charge is 0.356 e. The molecule has 1 atom stereocenters. The molecule has 0 saturated carbocycles. The van der Waals surface area contributed by atoms with Crippen LogP contribution in [0.5, 0.6) is 0 Å². The number of hydrogen-bond donors (Lipinski definition) is 0. The summed E-state index contributed by atoms with van der Waals surface area (Å²) in [5.41, 5.74) is 1.03. The highest BCUT2D eigenvalue weighted by molar-refractivity contribution is 9.10. The van der Waals surface area contributed by atoms with E-state index in [0.29, 0.717) is 13.0 Å². The monoisotopic (exact) mass is 407 g/mol. The molecule has 1 saturated heterocycles. The second-order valence-corrected chi connectivity index (χ2v) is 6.90. The van der Waals surface area contributed by atoms with Crippen molar-refractivity contribution in [2.24, 2.45) is 5.92 Å². The second kappa shape index (κ2) is 7.72. The van der Waals surface area contributed by atoms with Crippen molar-refractivity contribution in [1.82, 2.24) is 9.88 Å². The first-order valence-electron chi connectivity index (χ1n) is 7.94. The fourth-order valence-corrected chi connectivity index (χ4v) is 3.12. The largest absolute Gasteiger partial charge is 0.406 e. The molecule has 0 spiro atoms. The molecule has 134 valence electrons. The zero-order valence-corrected chi connectivity index (χ0v) is 15.3. The number of halogens is 4. The minimum absolute atomic E-state index is 0.0600. The summed E-state index contributed by atoms with van der Waals surface area (Å²) in [6.07, 6.45) is -1.29. The number of alkyl halides is 3. The average Bonchev–Trinajstić information content (AvgIpc) is 2.54. The Morgan fingerprint density at radius 1 is 1.50 bits per heavy atom. The predicted octanol–water partition coefficient (Wildman–Crippen LogP) is 3.78. The normalized spacial score (nSPS) is 18.6. The molecule has 1 aromatic rings. The van der Waals surface area contributed by atoms with Gasteiger partial charge in [-0.25, -0.2) is 4.98 Å². The maximum Gasteiger partial charge on any atom is 0.406 e. The molecular weight excluding hydrogens is 387 g/mol. The molecule has 24 heavy (non-hydrogen) atoms. The topological polar surface area (TPSA) is 36.4 Å². The van der Waals surface area contributed by atoms with E-state index in [2.05, 4.69) is 20.9 Å². The zero-order valence-electron chi connectivity index (χ0n) is 13.7. The standard InChI is InChI=1S/C16H21BrF3N3O/c1-3-22(10-16(18,19)20)15(24)12-5-4-6-23(9-12)14-7-11(2)13(17)8-21-14/h7-8,12H,3-6,9-10H2,1-2H3. The zero-order chi connectivity index (χ0) is 17.9. The van der Waals surface area contributed by atoms with E-state index in [-0.39, 0.29) is 6.54 Å². The van der Waals surface area contributed by atoms with Gasteiger partial charge < -0.3 is 9.80 Å². The van der Waals surface area contributed by atoms with Gasteiger partial charge in [0.25, 0.3) is 0 Å². The number of carbonyl (C=O) groups excluding carboxylic acids is 1. The van der Waals surface area contributed by atoms with Crippen molar-refractivity contribution in [3.05, 3.63) is 22.3 Å². The number of aryl methyl sites for hydroxylation is 1. The molecule has 1 unspecified atom stereocenters. The van der Waals surface area contributed by atoms with Gasteiger partial charge in [0.1, 0.15) is 12.4 Å². The Balaban J connectivity index is 2.08. The first kappa shape index (κ1) is 19.0. The third-order valence-electron chi connectivity index (χ3n) is 4.19. The third-order valence-corrected chi connectivity index (χ3v) is 5.02. The van der Waals surface area contributed by atoms with Crippen LogP contribution in [0.3, 0.4) is 0 Å². The number of carbonyl (C=O) groups is 1. The summed E-state index contributed by atoms with van der Waals surface area (Å²) in [6.45, 7) is 3.55. The Morgan fingerprint density at radius 3 is 2.79 bits per heavy atom. The minimum atomic E-state index is -4.37. The van der Waals surface area contributed by atoms with Gasteiger partial charge >= 0.3 is 6.18 Å². The van der Waals surface area contributed by atoms with E-state index in [4.69, 9.17) is 0 Å². The maximum absolute atomic E-state index is 12.6. The van der Waals surface area contributed by atoms with Gasteiger partial charge in [-0.3, -0.25) is 4.79 Å². The second-order valence-electron chi connectivity index (χ2n) is 6.04. The van der Waals surface area contributed by atoms with Crippen LogP contribution in [-0.2, 0) is 4.79 Å². The van der Waals surface area contributed by atoms with Crippen molar-refractivity contribution in [2.45, 2.75) is 32.9 Å².